The summed E-state index contributed by atoms with van der Waals surface area (Å²) in [4.78, 5) is 12.6. The number of rotatable bonds is 3. The smallest absolute Gasteiger partial charge is 0.223 e. The van der Waals surface area contributed by atoms with E-state index >= 15 is 0 Å². The van der Waals surface area contributed by atoms with Gasteiger partial charge in [0.2, 0.25) is 5.91 Å². The summed E-state index contributed by atoms with van der Waals surface area (Å²) in [5.41, 5.74) is 0.439. The van der Waals surface area contributed by atoms with Gasteiger partial charge in [-0.1, -0.05) is 12.2 Å². The molecule has 0 aromatic carbocycles. The number of allylic oxidation sites excluding steroid dienone is 2. The lowest BCUT2D eigenvalue weighted by Gasteiger charge is -2.59. The van der Waals surface area contributed by atoms with Crippen LogP contribution < -0.4 is 5.32 Å². The van der Waals surface area contributed by atoms with Gasteiger partial charge in [-0.3, -0.25) is 4.79 Å². The fraction of sp³-hybridized carbons (Fsp3) is 0.842. The Kier molecular flexibility index (Phi) is 3.39. The summed E-state index contributed by atoms with van der Waals surface area (Å²) < 4.78 is 0. The SMILES string of the molecule is C[C@@H](NC(=O)[C@H]1CC=CCC1)C12CC3CC(CC(C3)C1)C2. The van der Waals surface area contributed by atoms with Gasteiger partial charge in [-0.25, -0.2) is 0 Å². The summed E-state index contributed by atoms with van der Waals surface area (Å²) in [6.45, 7) is 2.30. The Morgan fingerprint density at radius 3 is 2.24 bits per heavy atom. The van der Waals surface area contributed by atoms with Gasteiger partial charge in [0.05, 0.1) is 0 Å². The second-order valence-electron chi connectivity index (χ2n) is 8.49. The van der Waals surface area contributed by atoms with Crippen LogP contribution in [-0.2, 0) is 4.79 Å². The summed E-state index contributed by atoms with van der Waals surface area (Å²) in [5.74, 6) is 3.45. The predicted molar refractivity (Wildman–Crippen MR) is 84.7 cm³/mol. The van der Waals surface area contributed by atoms with Gasteiger partial charge in [0.25, 0.3) is 0 Å². The molecule has 0 aromatic rings. The maximum Gasteiger partial charge on any atom is 0.223 e. The minimum atomic E-state index is 0.228. The molecule has 2 heteroatoms. The Morgan fingerprint density at radius 1 is 1.10 bits per heavy atom. The Bertz CT molecular complexity index is 417. The van der Waals surface area contributed by atoms with Gasteiger partial charge in [0, 0.05) is 12.0 Å². The van der Waals surface area contributed by atoms with Gasteiger partial charge in [-0.2, -0.15) is 0 Å². The van der Waals surface area contributed by atoms with Crippen LogP contribution in [0.5, 0.6) is 0 Å². The molecule has 5 rings (SSSR count). The van der Waals surface area contributed by atoms with Crippen LogP contribution in [0.2, 0.25) is 0 Å². The van der Waals surface area contributed by atoms with E-state index < -0.39 is 0 Å². The summed E-state index contributed by atoms with van der Waals surface area (Å²) >= 11 is 0. The number of amides is 1. The standard InChI is InChI=1S/C19H29NO/c1-13(20-18(21)17-5-3-2-4-6-17)19-10-14-7-15(11-19)9-16(8-14)12-19/h2-3,13-17H,4-12H2,1H3,(H,20,21)/t13-,14?,15?,16?,17+,19?/m1/s1. The van der Waals surface area contributed by atoms with Crippen LogP contribution in [0.1, 0.15) is 64.7 Å². The van der Waals surface area contributed by atoms with Crippen molar-refractivity contribution in [2.24, 2.45) is 29.1 Å². The van der Waals surface area contributed by atoms with Crippen molar-refractivity contribution in [2.75, 3.05) is 0 Å². The lowest BCUT2D eigenvalue weighted by Crippen LogP contribution is -2.56. The van der Waals surface area contributed by atoms with Gasteiger partial charge in [-0.15, -0.1) is 0 Å². The van der Waals surface area contributed by atoms with Crippen molar-refractivity contribution in [3.05, 3.63) is 12.2 Å². The third kappa shape index (κ3) is 2.45. The van der Waals surface area contributed by atoms with Crippen molar-refractivity contribution < 1.29 is 4.79 Å². The van der Waals surface area contributed by atoms with Gasteiger partial charge < -0.3 is 5.32 Å². The monoisotopic (exact) mass is 287 g/mol. The van der Waals surface area contributed by atoms with Crippen LogP contribution in [0.3, 0.4) is 0 Å². The fourth-order valence-electron chi connectivity index (χ4n) is 6.22. The van der Waals surface area contributed by atoms with Crippen LogP contribution in [0, 0.1) is 29.1 Å². The maximum absolute atomic E-state index is 12.6. The maximum atomic E-state index is 12.6. The Labute approximate surface area is 128 Å². The quantitative estimate of drug-likeness (QED) is 0.779. The zero-order chi connectivity index (χ0) is 14.4. The van der Waals surface area contributed by atoms with Gasteiger partial charge in [-0.05, 0) is 87.9 Å². The second-order valence-corrected chi connectivity index (χ2v) is 8.49. The van der Waals surface area contributed by atoms with Crippen molar-refractivity contribution >= 4 is 5.91 Å². The lowest BCUT2D eigenvalue weighted by atomic mass is 9.48. The fourth-order valence-corrected chi connectivity index (χ4v) is 6.22. The molecule has 116 valence electrons. The molecule has 0 aromatic heterocycles. The molecule has 5 aliphatic rings. The first-order valence-electron chi connectivity index (χ1n) is 9.10. The van der Waals surface area contributed by atoms with E-state index in [1.807, 2.05) is 0 Å². The van der Waals surface area contributed by atoms with Gasteiger partial charge >= 0.3 is 0 Å². The number of hydrogen-bond donors (Lipinski definition) is 1. The molecule has 2 nitrogen and oxygen atoms in total. The highest BCUT2D eigenvalue weighted by Gasteiger charge is 2.53. The zero-order valence-corrected chi connectivity index (χ0v) is 13.3. The molecule has 4 saturated carbocycles. The van der Waals surface area contributed by atoms with Crippen LogP contribution in [0.25, 0.3) is 0 Å². The number of hydrogen-bond acceptors (Lipinski definition) is 1. The molecule has 0 radical (unpaired) electrons. The van der Waals surface area contributed by atoms with E-state index in [2.05, 4.69) is 24.4 Å². The van der Waals surface area contributed by atoms with Crippen molar-refractivity contribution in [2.45, 2.75) is 70.8 Å². The Hall–Kier alpha value is -0.790. The third-order valence-corrected chi connectivity index (χ3v) is 7.00. The van der Waals surface area contributed by atoms with E-state index in [-0.39, 0.29) is 5.92 Å². The minimum Gasteiger partial charge on any atom is -0.353 e. The molecule has 0 spiro atoms. The van der Waals surface area contributed by atoms with Crippen LogP contribution in [0.15, 0.2) is 12.2 Å². The van der Waals surface area contributed by atoms with E-state index in [4.69, 9.17) is 0 Å². The predicted octanol–water partition coefficient (Wildman–Crippen LogP) is 4.06. The first kappa shape index (κ1) is 13.8. The molecule has 0 unspecified atom stereocenters. The molecule has 21 heavy (non-hydrogen) atoms. The minimum absolute atomic E-state index is 0.228. The summed E-state index contributed by atoms with van der Waals surface area (Å²) in [6, 6.07) is 0.379. The molecule has 4 fully saturated rings. The topological polar surface area (TPSA) is 29.1 Å². The van der Waals surface area contributed by atoms with Crippen molar-refractivity contribution in [3.63, 3.8) is 0 Å². The highest BCUT2D eigenvalue weighted by atomic mass is 16.1. The number of carbonyl (C=O) groups is 1. The van der Waals surface area contributed by atoms with Crippen LogP contribution in [0.4, 0.5) is 0 Å². The van der Waals surface area contributed by atoms with Gasteiger partial charge in [0.15, 0.2) is 0 Å². The van der Waals surface area contributed by atoms with E-state index in [0.29, 0.717) is 17.4 Å². The normalized spacial score (nSPS) is 45.6. The highest BCUT2D eigenvalue weighted by Crippen LogP contribution is 2.61. The zero-order valence-electron chi connectivity index (χ0n) is 13.3. The largest absolute Gasteiger partial charge is 0.353 e. The molecule has 0 heterocycles. The first-order valence-corrected chi connectivity index (χ1v) is 9.10. The third-order valence-electron chi connectivity index (χ3n) is 7.00. The molecule has 4 bridgehead atoms. The molecule has 0 saturated heterocycles. The van der Waals surface area contributed by atoms with Crippen molar-refractivity contribution in [3.8, 4) is 0 Å². The molecule has 0 aliphatic heterocycles. The lowest BCUT2D eigenvalue weighted by molar-refractivity contribution is -0.129. The van der Waals surface area contributed by atoms with Crippen molar-refractivity contribution in [1.82, 2.24) is 5.32 Å². The second kappa shape index (κ2) is 5.14. The summed E-state index contributed by atoms with van der Waals surface area (Å²) in [6.07, 6.45) is 16.0. The van der Waals surface area contributed by atoms with E-state index in [1.165, 1.54) is 38.5 Å². The van der Waals surface area contributed by atoms with E-state index in [1.54, 1.807) is 0 Å². The molecule has 2 atom stereocenters. The highest BCUT2D eigenvalue weighted by molar-refractivity contribution is 5.79. The average molecular weight is 287 g/mol. The molecule has 1 amide bonds. The van der Waals surface area contributed by atoms with Crippen LogP contribution in [-0.4, -0.2) is 11.9 Å². The Balaban J connectivity index is 1.43. The summed E-state index contributed by atoms with van der Waals surface area (Å²) in [7, 11) is 0. The van der Waals surface area contributed by atoms with Crippen molar-refractivity contribution in [1.29, 1.82) is 0 Å². The first-order chi connectivity index (χ1) is 10.1. The average Bonchev–Trinajstić information content (AvgIpc) is 2.46. The van der Waals surface area contributed by atoms with E-state index in [0.717, 1.165) is 37.0 Å². The number of nitrogens with one attached hydrogen (secondary N) is 1. The van der Waals surface area contributed by atoms with Gasteiger partial charge in [0.1, 0.15) is 0 Å². The molecular weight excluding hydrogens is 258 g/mol. The van der Waals surface area contributed by atoms with Crippen LogP contribution >= 0.6 is 0 Å². The molecular formula is C19H29NO. The number of carbonyl (C=O) groups excluding carboxylic acids is 1. The molecule has 1 N–H and O–H groups in total. The Morgan fingerprint density at radius 2 is 1.71 bits per heavy atom. The van der Waals surface area contributed by atoms with E-state index in [9.17, 15) is 4.79 Å². The molecule has 5 aliphatic carbocycles. The summed E-state index contributed by atoms with van der Waals surface area (Å²) in [5, 5.41) is 3.43.